The number of methoxy groups -OCH3 is 1. The van der Waals surface area contributed by atoms with Gasteiger partial charge in [-0.25, -0.2) is 4.21 Å². The molecule has 0 radical (unpaired) electrons. The molecule has 0 aliphatic heterocycles. The van der Waals surface area contributed by atoms with Gasteiger partial charge in [-0.15, -0.1) is 0 Å². The number of unbranched alkanes of at least 4 members (excludes halogenated alkanes) is 4. The van der Waals surface area contributed by atoms with Crippen molar-refractivity contribution in [3.63, 3.8) is 0 Å². The van der Waals surface area contributed by atoms with Crippen LogP contribution in [0.4, 0.5) is 8.78 Å². The van der Waals surface area contributed by atoms with Crippen LogP contribution in [0.3, 0.4) is 0 Å². The van der Waals surface area contributed by atoms with Gasteiger partial charge in [0.05, 0.1) is 0 Å². The van der Waals surface area contributed by atoms with Crippen LogP contribution in [0.1, 0.15) is 39.0 Å². The van der Waals surface area contributed by atoms with Crippen LogP contribution in [0.5, 0.6) is 0 Å². The van der Waals surface area contributed by atoms with E-state index in [1.165, 1.54) is 0 Å². The Balaban J connectivity index is 4.14. The van der Waals surface area contributed by atoms with Crippen LogP contribution in [-0.4, -0.2) is 39.7 Å². The minimum Gasteiger partial charge on any atom is -0.360 e. The minimum absolute atomic E-state index is 0.118. The van der Waals surface area contributed by atoms with Gasteiger partial charge in [-0.05, 0) is 6.42 Å². The Hall–Kier alpha value is -0.600. The maximum atomic E-state index is 13.5. The van der Waals surface area contributed by atoms with Crippen molar-refractivity contribution in [2.45, 2.75) is 50.4 Å². The van der Waals surface area contributed by atoms with Gasteiger partial charge in [0.1, 0.15) is 0 Å². The van der Waals surface area contributed by atoms with Crippen LogP contribution in [0.2, 0.25) is 0 Å². The van der Waals surface area contributed by atoms with Gasteiger partial charge in [-0.3, -0.25) is 4.79 Å². The van der Waals surface area contributed by atoms with E-state index in [-0.39, 0.29) is 6.54 Å². The zero-order valence-corrected chi connectivity index (χ0v) is 12.0. The highest BCUT2D eigenvalue weighted by atomic mass is 32.2. The molecular formula is C11H21F2NO4S. The highest BCUT2D eigenvalue weighted by Gasteiger charge is 2.51. The second kappa shape index (κ2) is 9.33. The molecule has 2 unspecified atom stereocenters. The first kappa shape index (κ1) is 18.4. The highest BCUT2D eigenvalue weighted by Crippen LogP contribution is 2.23. The fourth-order valence-corrected chi connectivity index (χ4v) is 2.04. The maximum Gasteiger partial charge on any atom is 0.363 e. The molecule has 0 aromatic heterocycles. The molecule has 2 N–H and O–H groups in total. The van der Waals surface area contributed by atoms with Crippen LogP contribution in [0.15, 0.2) is 0 Å². The number of nitrogens with one attached hydrogen (secondary N) is 1. The topological polar surface area (TPSA) is 75.6 Å². The van der Waals surface area contributed by atoms with E-state index >= 15 is 0 Å². The summed E-state index contributed by atoms with van der Waals surface area (Å²) in [7, 11) is 0.852. The Kier molecular flexibility index (Phi) is 9.03. The molecule has 19 heavy (non-hydrogen) atoms. The van der Waals surface area contributed by atoms with Crippen molar-refractivity contribution in [1.29, 1.82) is 0 Å². The molecule has 0 heterocycles. The number of amides is 1. The normalized spacial score (nSPS) is 15.0. The number of carbonyl (C=O) groups excluding carboxylic acids is 1. The van der Waals surface area contributed by atoms with E-state index in [9.17, 15) is 17.8 Å². The monoisotopic (exact) mass is 301 g/mol. The van der Waals surface area contributed by atoms with Gasteiger partial charge in [-0.2, -0.15) is 8.78 Å². The number of hydrogen-bond donors (Lipinski definition) is 2. The molecule has 0 spiro atoms. The summed E-state index contributed by atoms with van der Waals surface area (Å²) in [6, 6.07) is 0. The molecule has 0 saturated carbocycles. The predicted molar refractivity (Wildman–Crippen MR) is 68.3 cm³/mol. The average Bonchev–Trinajstić information content (AvgIpc) is 2.33. The van der Waals surface area contributed by atoms with Gasteiger partial charge in [0.15, 0.2) is 11.1 Å². The lowest BCUT2D eigenvalue weighted by Crippen LogP contribution is -2.51. The van der Waals surface area contributed by atoms with Crippen LogP contribution in [0.25, 0.3) is 0 Å². The fraction of sp³-hybridized carbons (Fsp3) is 0.909. The van der Waals surface area contributed by atoms with Gasteiger partial charge < -0.3 is 14.6 Å². The lowest BCUT2D eigenvalue weighted by Gasteiger charge is -2.21. The van der Waals surface area contributed by atoms with Crippen molar-refractivity contribution in [2.75, 3.05) is 13.7 Å². The molecule has 0 aliphatic carbocycles. The Morgan fingerprint density at radius 3 is 2.42 bits per heavy atom. The Morgan fingerprint density at radius 2 is 1.95 bits per heavy atom. The molecule has 0 fully saturated rings. The van der Waals surface area contributed by atoms with Crippen molar-refractivity contribution >= 4 is 17.0 Å². The molecule has 0 saturated heterocycles. The van der Waals surface area contributed by atoms with Crippen molar-refractivity contribution < 1.29 is 27.1 Å². The summed E-state index contributed by atoms with van der Waals surface area (Å²) in [5, 5.41) is 2.06. The van der Waals surface area contributed by atoms with Crippen molar-refractivity contribution in [1.82, 2.24) is 5.32 Å². The third kappa shape index (κ3) is 6.40. The smallest absolute Gasteiger partial charge is 0.360 e. The van der Waals surface area contributed by atoms with E-state index < -0.39 is 28.3 Å². The molecule has 5 nitrogen and oxygen atoms in total. The molecule has 0 bridgehead atoms. The van der Waals surface area contributed by atoms with E-state index in [2.05, 4.69) is 17.0 Å². The summed E-state index contributed by atoms with van der Waals surface area (Å²) in [5.41, 5.74) is -2.35. The van der Waals surface area contributed by atoms with E-state index in [4.69, 9.17) is 4.55 Å². The van der Waals surface area contributed by atoms with Gasteiger partial charge >= 0.3 is 5.92 Å². The fourth-order valence-electron chi connectivity index (χ4n) is 1.51. The second-order valence-corrected chi connectivity index (χ2v) is 5.12. The quantitative estimate of drug-likeness (QED) is 0.477. The number of rotatable bonds is 10. The molecule has 2 atom stereocenters. The number of ether oxygens (including phenoxy) is 1. The largest absolute Gasteiger partial charge is 0.363 e. The van der Waals surface area contributed by atoms with E-state index in [0.29, 0.717) is 6.42 Å². The zero-order chi connectivity index (χ0) is 14.9. The Labute approximate surface area is 114 Å². The molecule has 8 heteroatoms. The first-order valence-electron chi connectivity index (χ1n) is 6.16. The predicted octanol–water partition coefficient (Wildman–Crippen LogP) is 1.90. The number of halogens is 2. The standard InChI is InChI=1S/C11H21F2NO4S/c1-3-4-5-6-7-8-14-9(15)11(12,13)10(18-2)19(16)17/h10H,3-8H2,1-2H3,(H,14,15)(H,16,17). The molecule has 114 valence electrons. The summed E-state index contributed by atoms with van der Waals surface area (Å²) in [4.78, 5) is 11.3. The Bertz CT molecular complexity index is 302. The maximum absolute atomic E-state index is 13.5. The molecule has 1 amide bonds. The van der Waals surface area contributed by atoms with Crippen molar-refractivity contribution in [3.05, 3.63) is 0 Å². The van der Waals surface area contributed by atoms with Gasteiger partial charge in [0.2, 0.25) is 5.44 Å². The van der Waals surface area contributed by atoms with Gasteiger partial charge in [0, 0.05) is 13.7 Å². The third-order valence-electron chi connectivity index (χ3n) is 2.56. The van der Waals surface area contributed by atoms with E-state index in [1.807, 2.05) is 0 Å². The lowest BCUT2D eigenvalue weighted by atomic mass is 10.1. The average molecular weight is 301 g/mol. The third-order valence-corrected chi connectivity index (χ3v) is 3.42. The second-order valence-electron chi connectivity index (χ2n) is 4.14. The van der Waals surface area contributed by atoms with E-state index in [1.54, 1.807) is 0 Å². The number of alkyl halides is 2. The van der Waals surface area contributed by atoms with Crippen molar-refractivity contribution in [3.8, 4) is 0 Å². The summed E-state index contributed by atoms with van der Waals surface area (Å²) in [6.07, 6.45) is 4.58. The zero-order valence-electron chi connectivity index (χ0n) is 11.2. The molecule has 0 aromatic carbocycles. The Morgan fingerprint density at radius 1 is 1.37 bits per heavy atom. The molecule has 0 aliphatic rings. The van der Waals surface area contributed by atoms with Gasteiger partial charge in [0.25, 0.3) is 5.91 Å². The van der Waals surface area contributed by atoms with Crippen LogP contribution in [-0.2, 0) is 20.6 Å². The first-order chi connectivity index (χ1) is 8.87. The van der Waals surface area contributed by atoms with Gasteiger partial charge in [-0.1, -0.05) is 32.6 Å². The highest BCUT2D eigenvalue weighted by molar-refractivity contribution is 7.79. The molecule has 0 rings (SSSR count). The SMILES string of the molecule is CCCCCCCNC(=O)C(F)(F)C(OC)S(=O)O. The van der Waals surface area contributed by atoms with Crippen LogP contribution < -0.4 is 5.32 Å². The minimum atomic E-state index is -4.03. The summed E-state index contributed by atoms with van der Waals surface area (Å²) in [6.45, 7) is 2.18. The van der Waals surface area contributed by atoms with Crippen LogP contribution >= 0.6 is 0 Å². The molecule has 0 aromatic rings. The van der Waals surface area contributed by atoms with E-state index in [0.717, 1.165) is 32.8 Å². The molecular weight excluding hydrogens is 280 g/mol. The van der Waals surface area contributed by atoms with Crippen molar-refractivity contribution in [2.24, 2.45) is 0 Å². The lowest BCUT2D eigenvalue weighted by molar-refractivity contribution is -0.157. The summed E-state index contributed by atoms with van der Waals surface area (Å²) < 4.78 is 50.4. The first-order valence-corrected chi connectivity index (χ1v) is 7.33. The number of hydrogen-bond acceptors (Lipinski definition) is 3. The number of carbonyl (C=O) groups is 1. The summed E-state index contributed by atoms with van der Waals surface area (Å²) >= 11 is -2.94. The summed E-state index contributed by atoms with van der Waals surface area (Å²) in [5.74, 6) is -5.62. The van der Waals surface area contributed by atoms with Crippen LogP contribution in [0, 0.1) is 0 Å².